The van der Waals surface area contributed by atoms with Crippen LogP contribution in [0.25, 0.3) is 0 Å². The summed E-state index contributed by atoms with van der Waals surface area (Å²) >= 11 is 0.978. The Labute approximate surface area is 138 Å². The molecule has 1 amide bonds. The summed E-state index contributed by atoms with van der Waals surface area (Å²) in [6.07, 6.45) is -1.71. The number of carbonyl (C=O) groups is 1. The van der Waals surface area contributed by atoms with Crippen molar-refractivity contribution in [2.45, 2.75) is 45.3 Å². The molecule has 1 aliphatic rings. The van der Waals surface area contributed by atoms with Crippen molar-refractivity contribution >= 4 is 17.2 Å². The van der Waals surface area contributed by atoms with Gasteiger partial charge in [-0.2, -0.15) is 13.2 Å². The average Bonchev–Trinajstić information content (AvgIpc) is 2.97. The second-order valence-electron chi connectivity index (χ2n) is 6.00. The van der Waals surface area contributed by atoms with E-state index >= 15 is 0 Å². The highest BCUT2D eigenvalue weighted by Gasteiger charge is 2.34. The van der Waals surface area contributed by atoms with Crippen molar-refractivity contribution in [1.82, 2.24) is 15.2 Å². The smallest absolute Gasteiger partial charge is 0.341 e. The molecule has 0 aromatic carbocycles. The summed E-state index contributed by atoms with van der Waals surface area (Å²) < 4.78 is 37.9. The second kappa shape index (κ2) is 7.61. The number of likely N-dealkylation sites (tertiary alicyclic amines) is 1. The molecular formula is C15H22F3N3OS. The van der Waals surface area contributed by atoms with Crippen LogP contribution < -0.4 is 5.32 Å². The third-order valence-electron chi connectivity index (χ3n) is 4.03. The molecule has 0 bridgehead atoms. The molecule has 0 aliphatic carbocycles. The third kappa shape index (κ3) is 4.91. The number of rotatable bonds is 5. The van der Waals surface area contributed by atoms with E-state index in [2.05, 4.69) is 17.2 Å². The molecule has 1 saturated heterocycles. The molecule has 2 heterocycles. The van der Waals surface area contributed by atoms with Gasteiger partial charge in [0.2, 0.25) is 5.91 Å². The lowest BCUT2D eigenvalue weighted by Crippen LogP contribution is -2.44. The van der Waals surface area contributed by atoms with Crippen LogP contribution in [0.5, 0.6) is 0 Å². The van der Waals surface area contributed by atoms with E-state index in [0.717, 1.165) is 42.6 Å². The molecule has 2 rings (SSSR count). The Kier molecular flexibility index (Phi) is 6.02. The van der Waals surface area contributed by atoms with Crippen LogP contribution in [0.3, 0.4) is 0 Å². The van der Waals surface area contributed by atoms with Gasteiger partial charge in [0.1, 0.15) is 5.01 Å². The highest BCUT2D eigenvalue weighted by Crippen LogP contribution is 2.32. The van der Waals surface area contributed by atoms with E-state index in [1.165, 1.54) is 0 Å². The minimum Gasteiger partial charge on any atom is -0.341 e. The quantitative estimate of drug-likeness (QED) is 0.885. The maximum atomic E-state index is 12.6. The fourth-order valence-electron chi connectivity index (χ4n) is 2.72. The molecule has 1 aromatic rings. The van der Waals surface area contributed by atoms with E-state index in [9.17, 15) is 18.0 Å². The zero-order valence-corrected chi connectivity index (χ0v) is 14.1. The van der Waals surface area contributed by atoms with E-state index in [-0.39, 0.29) is 18.5 Å². The highest BCUT2D eigenvalue weighted by molar-refractivity contribution is 7.09. The predicted molar refractivity (Wildman–Crippen MR) is 83.1 cm³/mol. The molecule has 8 heteroatoms. The lowest BCUT2D eigenvalue weighted by molar-refractivity contribution is -0.141. The molecule has 1 N–H and O–H groups in total. The fourth-order valence-corrected chi connectivity index (χ4v) is 3.71. The summed E-state index contributed by atoms with van der Waals surface area (Å²) in [6.45, 7) is 5.63. The Morgan fingerprint density at radius 1 is 1.57 bits per heavy atom. The molecule has 0 radical (unpaired) electrons. The number of carbonyl (C=O) groups excluding carboxylic acids is 1. The summed E-state index contributed by atoms with van der Waals surface area (Å²) in [6, 6.07) is -0.331. The molecule has 2 atom stereocenters. The van der Waals surface area contributed by atoms with Crippen molar-refractivity contribution < 1.29 is 18.0 Å². The van der Waals surface area contributed by atoms with E-state index in [4.69, 9.17) is 0 Å². The number of thiazole rings is 1. The van der Waals surface area contributed by atoms with E-state index in [1.54, 1.807) is 0 Å². The number of nitrogens with zero attached hydrogens (tertiary/aromatic N) is 2. The van der Waals surface area contributed by atoms with Gasteiger partial charge in [0, 0.05) is 18.5 Å². The Morgan fingerprint density at radius 2 is 2.30 bits per heavy atom. The number of aromatic nitrogens is 1. The number of hydrogen-bond donors (Lipinski definition) is 1. The van der Waals surface area contributed by atoms with Crippen LogP contribution in [-0.4, -0.2) is 35.4 Å². The van der Waals surface area contributed by atoms with Crippen LogP contribution in [0.2, 0.25) is 0 Å². The first-order valence-corrected chi connectivity index (χ1v) is 8.73. The number of hydrogen-bond acceptors (Lipinski definition) is 4. The highest BCUT2D eigenvalue weighted by atomic mass is 32.1. The summed E-state index contributed by atoms with van der Waals surface area (Å²) in [5, 5.41) is 4.45. The minimum absolute atomic E-state index is 0.00241. The summed E-state index contributed by atoms with van der Waals surface area (Å²) in [7, 11) is 0. The van der Waals surface area contributed by atoms with Gasteiger partial charge < -0.3 is 4.90 Å². The fraction of sp³-hybridized carbons (Fsp3) is 0.733. The van der Waals surface area contributed by atoms with Crippen LogP contribution in [-0.2, 0) is 11.0 Å². The van der Waals surface area contributed by atoms with E-state index < -0.39 is 11.9 Å². The molecule has 130 valence electrons. The first kappa shape index (κ1) is 18.2. The van der Waals surface area contributed by atoms with Gasteiger partial charge in [-0.3, -0.25) is 10.1 Å². The van der Waals surface area contributed by atoms with Crippen molar-refractivity contribution in [3.63, 3.8) is 0 Å². The van der Waals surface area contributed by atoms with Gasteiger partial charge in [0.05, 0.1) is 12.6 Å². The molecule has 4 nitrogen and oxygen atoms in total. The van der Waals surface area contributed by atoms with Gasteiger partial charge in [0.15, 0.2) is 5.69 Å². The van der Waals surface area contributed by atoms with Gasteiger partial charge in [0.25, 0.3) is 0 Å². The van der Waals surface area contributed by atoms with Crippen LogP contribution in [0, 0.1) is 5.92 Å². The molecule has 2 unspecified atom stereocenters. The maximum Gasteiger partial charge on any atom is 0.434 e. The second-order valence-corrected chi connectivity index (χ2v) is 6.89. The third-order valence-corrected chi connectivity index (χ3v) is 4.99. The first-order valence-electron chi connectivity index (χ1n) is 7.85. The monoisotopic (exact) mass is 349 g/mol. The maximum absolute atomic E-state index is 12.6. The molecule has 0 spiro atoms. The zero-order valence-electron chi connectivity index (χ0n) is 13.3. The first-order chi connectivity index (χ1) is 10.8. The summed E-state index contributed by atoms with van der Waals surface area (Å²) in [5.41, 5.74) is -0.867. The Bertz CT molecular complexity index is 532. The average molecular weight is 349 g/mol. The van der Waals surface area contributed by atoms with Crippen molar-refractivity contribution in [1.29, 1.82) is 0 Å². The molecule has 1 aromatic heterocycles. The number of amides is 1. The van der Waals surface area contributed by atoms with Gasteiger partial charge in [-0.1, -0.05) is 13.8 Å². The van der Waals surface area contributed by atoms with Gasteiger partial charge in [-0.15, -0.1) is 11.3 Å². The van der Waals surface area contributed by atoms with Crippen LogP contribution in [0.15, 0.2) is 5.38 Å². The van der Waals surface area contributed by atoms with Gasteiger partial charge in [-0.25, -0.2) is 4.98 Å². The van der Waals surface area contributed by atoms with Crippen LogP contribution in [0.1, 0.15) is 49.9 Å². The Hall–Kier alpha value is -1.15. The largest absolute Gasteiger partial charge is 0.434 e. The van der Waals surface area contributed by atoms with Gasteiger partial charge >= 0.3 is 6.18 Å². The molecular weight excluding hydrogens is 327 g/mol. The number of nitrogens with one attached hydrogen (secondary N) is 1. The van der Waals surface area contributed by atoms with Crippen molar-refractivity contribution in [2.75, 3.05) is 19.6 Å². The Morgan fingerprint density at radius 3 is 2.87 bits per heavy atom. The van der Waals surface area contributed by atoms with Crippen LogP contribution >= 0.6 is 11.3 Å². The van der Waals surface area contributed by atoms with Crippen molar-refractivity contribution in [3.8, 4) is 0 Å². The molecule has 23 heavy (non-hydrogen) atoms. The standard InChI is InChI=1S/C15H22F3N3OS/c1-3-11(14-20-12(9-23-14)15(16,17)18)19-7-13(22)21-6-4-5-10(2)8-21/h9-11,19H,3-8H2,1-2H3. The van der Waals surface area contributed by atoms with Gasteiger partial charge in [-0.05, 0) is 25.2 Å². The topological polar surface area (TPSA) is 45.2 Å². The number of alkyl halides is 3. The normalized spacial score (nSPS) is 20.6. The van der Waals surface area contributed by atoms with E-state index in [0.29, 0.717) is 17.3 Å². The number of piperidine rings is 1. The lowest BCUT2D eigenvalue weighted by atomic mass is 10.0. The lowest BCUT2D eigenvalue weighted by Gasteiger charge is -2.31. The van der Waals surface area contributed by atoms with Crippen LogP contribution in [0.4, 0.5) is 13.2 Å². The predicted octanol–water partition coefficient (Wildman–Crippen LogP) is 3.46. The molecule has 1 aliphatic heterocycles. The molecule has 0 saturated carbocycles. The summed E-state index contributed by atoms with van der Waals surface area (Å²) in [4.78, 5) is 17.7. The Balaban J connectivity index is 1.92. The van der Waals surface area contributed by atoms with E-state index in [1.807, 2.05) is 11.8 Å². The minimum atomic E-state index is -4.42. The van der Waals surface area contributed by atoms with Crippen molar-refractivity contribution in [3.05, 3.63) is 16.1 Å². The van der Waals surface area contributed by atoms with Crippen molar-refractivity contribution in [2.24, 2.45) is 5.92 Å². The molecule has 1 fully saturated rings. The number of halogens is 3. The SMILES string of the molecule is CCC(NCC(=O)N1CCCC(C)C1)c1nc(C(F)(F)F)cs1. The summed E-state index contributed by atoms with van der Waals surface area (Å²) in [5.74, 6) is 0.505. The zero-order chi connectivity index (χ0) is 17.0.